The quantitative estimate of drug-likeness (QED) is 0.803. The Morgan fingerprint density at radius 2 is 1.80 bits per heavy atom. The van der Waals surface area contributed by atoms with Crippen LogP contribution in [-0.2, 0) is 15.8 Å². The van der Waals surface area contributed by atoms with Gasteiger partial charge < -0.3 is 10.8 Å². The van der Waals surface area contributed by atoms with Crippen LogP contribution in [0.3, 0.4) is 0 Å². The molecule has 0 aromatic heterocycles. The number of aliphatic hydroxyl groups is 1. The Morgan fingerprint density at radius 1 is 1.25 bits per heavy atom. The molecule has 112 valence electrons. The van der Waals surface area contributed by atoms with E-state index in [1.807, 2.05) is 0 Å². The minimum absolute atomic E-state index is 0.0696. The summed E-state index contributed by atoms with van der Waals surface area (Å²) in [5, 5.41) is 10.3. The Balaban J connectivity index is 2.03. The molecule has 3 N–H and O–H groups in total. The van der Waals surface area contributed by atoms with Gasteiger partial charge in [-0.05, 0) is 30.5 Å². The van der Waals surface area contributed by atoms with E-state index in [0.29, 0.717) is 24.1 Å². The molecule has 0 heterocycles. The van der Waals surface area contributed by atoms with Gasteiger partial charge in [-0.25, -0.2) is 12.7 Å². The minimum Gasteiger partial charge on any atom is -0.399 e. The summed E-state index contributed by atoms with van der Waals surface area (Å²) in [7, 11) is -1.89. The van der Waals surface area contributed by atoms with Gasteiger partial charge in [-0.15, -0.1) is 0 Å². The Labute approximate surface area is 120 Å². The summed E-state index contributed by atoms with van der Waals surface area (Å²) < 4.78 is 25.9. The summed E-state index contributed by atoms with van der Waals surface area (Å²) in [6.45, 7) is 0.171. The fourth-order valence-electron chi connectivity index (χ4n) is 2.64. The van der Waals surface area contributed by atoms with Crippen LogP contribution in [-0.4, -0.2) is 37.0 Å². The number of hydrogen-bond donors (Lipinski definition) is 2. The molecule has 0 radical (unpaired) electrons. The molecule has 2 rings (SSSR count). The second kappa shape index (κ2) is 5.71. The molecule has 0 saturated heterocycles. The zero-order valence-electron chi connectivity index (χ0n) is 11.7. The Bertz CT molecular complexity index is 548. The van der Waals surface area contributed by atoms with Gasteiger partial charge in [0.25, 0.3) is 0 Å². The highest BCUT2D eigenvalue weighted by molar-refractivity contribution is 7.88. The molecule has 0 spiro atoms. The van der Waals surface area contributed by atoms with E-state index >= 15 is 0 Å². The summed E-state index contributed by atoms with van der Waals surface area (Å²) in [5.41, 5.74) is 6.03. The third-order valence-electron chi connectivity index (χ3n) is 3.85. The fourth-order valence-corrected chi connectivity index (χ4v) is 3.91. The molecule has 0 unspecified atom stereocenters. The summed E-state index contributed by atoms with van der Waals surface area (Å²) in [4.78, 5) is 0. The molecule has 0 aliphatic heterocycles. The van der Waals surface area contributed by atoms with Crippen LogP contribution in [0, 0.1) is 0 Å². The second-order valence-electron chi connectivity index (χ2n) is 5.69. The molecular formula is C14H22N2O3S. The summed E-state index contributed by atoms with van der Waals surface area (Å²) in [6.07, 6.45) is 3.27. The van der Waals surface area contributed by atoms with Crippen LogP contribution >= 0.6 is 0 Å². The number of sulfonamides is 1. The Kier molecular flexibility index (Phi) is 4.36. The lowest BCUT2D eigenvalue weighted by molar-refractivity contribution is 0.0333. The third kappa shape index (κ3) is 3.71. The number of likely N-dealkylation sites (N-methyl/N-ethyl adjacent to an activating group) is 1. The Hall–Kier alpha value is -1.11. The van der Waals surface area contributed by atoms with Crippen molar-refractivity contribution in [3.8, 4) is 0 Å². The first kappa shape index (κ1) is 15.3. The van der Waals surface area contributed by atoms with Crippen molar-refractivity contribution >= 4 is 15.7 Å². The van der Waals surface area contributed by atoms with Crippen molar-refractivity contribution in [1.82, 2.24) is 4.31 Å². The normalized spacial score (nSPS) is 18.6. The van der Waals surface area contributed by atoms with Crippen LogP contribution in [0.5, 0.6) is 0 Å². The van der Waals surface area contributed by atoms with Crippen LogP contribution < -0.4 is 5.73 Å². The van der Waals surface area contributed by atoms with E-state index in [2.05, 4.69) is 0 Å². The molecule has 6 heteroatoms. The topological polar surface area (TPSA) is 83.6 Å². The van der Waals surface area contributed by atoms with Crippen LogP contribution in [0.2, 0.25) is 0 Å². The van der Waals surface area contributed by atoms with E-state index in [-0.39, 0.29) is 12.3 Å². The number of benzene rings is 1. The molecule has 0 amide bonds. The van der Waals surface area contributed by atoms with Crippen molar-refractivity contribution in [3.05, 3.63) is 29.8 Å². The summed E-state index contributed by atoms with van der Waals surface area (Å²) >= 11 is 0. The van der Waals surface area contributed by atoms with E-state index in [1.165, 1.54) is 11.4 Å². The molecule has 0 bridgehead atoms. The maximum absolute atomic E-state index is 12.3. The summed E-state index contributed by atoms with van der Waals surface area (Å²) in [6, 6.07) is 6.81. The van der Waals surface area contributed by atoms with Crippen LogP contribution in [0.25, 0.3) is 0 Å². The van der Waals surface area contributed by atoms with Crippen molar-refractivity contribution < 1.29 is 13.5 Å². The van der Waals surface area contributed by atoms with Gasteiger partial charge in [0.1, 0.15) is 0 Å². The van der Waals surface area contributed by atoms with Gasteiger partial charge in [0.15, 0.2) is 0 Å². The lowest BCUT2D eigenvalue weighted by Gasteiger charge is -2.28. The van der Waals surface area contributed by atoms with E-state index < -0.39 is 15.6 Å². The Morgan fingerprint density at radius 3 is 2.35 bits per heavy atom. The molecule has 1 aromatic carbocycles. The minimum atomic E-state index is -3.42. The number of nitrogen functional groups attached to an aromatic ring is 1. The molecule has 1 aromatic rings. The highest BCUT2D eigenvalue weighted by Gasteiger charge is 2.35. The molecule has 1 aliphatic rings. The van der Waals surface area contributed by atoms with Gasteiger partial charge in [-0.3, -0.25) is 0 Å². The van der Waals surface area contributed by atoms with Crippen molar-refractivity contribution in [2.24, 2.45) is 0 Å². The summed E-state index contributed by atoms with van der Waals surface area (Å²) in [5.74, 6) is -0.0696. The molecule has 5 nitrogen and oxygen atoms in total. The number of rotatable bonds is 5. The maximum atomic E-state index is 12.3. The highest BCUT2D eigenvalue weighted by atomic mass is 32.2. The average molecular weight is 298 g/mol. The molecule has 0 atom stereocenters. The van der Waals surface area contributed by atoms with Crippen molar-refractivity contribution in [2.45, 2.75) is 37.0 Å². The molecular weight excluding hydrogens is 276 g/mol. The molecule has 1 fully saturated rings. The van der Waals surface area contributed by atoms with Gasteiger partial charge in [0, 0.05) is 19.3 Å². The number of anilines is 1. The van der Waals surface area contributed by atoms with Gasteiger partial charge in [0.05, 0.1) is 11.4 Å². The van der Waals surface area contributed by atoms with Gasteiger partial charge in [-0.1, -0.05) is 25.0 Å². The highest BCUT2D eigenvalue weighted by Crippen LogP contribution is 2.30. The first-order valence-electron chi connectivity index (χ1n) is 6.82. The van der Waals surface area contributed by atoms with Gasteiger partial charge in [0.2, 0.25) is 10.0 Å². The van der Waals surface area contributed by atoms with E-state index in [0.717, 1.165) is 12.8 Å². The predicted octanol–water partition coefficient (Wildman–Crippen LogP) is 1.34. The van der Waals surface area contributed by atoms with Crippen molar-refractivity contribution in [1.29, 1.82) is 0 Å². The molecule has 1 aliphatic carbocycles. The van der Waals surface area contributed by atoms with E-state index in [9.17, 15) is 13.5 Å². The third-order valence-corrected chi connectivity index (χ3v) is 5.63. The SMILES string of the molecule is CN(CC1(O)CCCC1)S(=O)(=O)Cc1ccc(N)cc1. The monoisotopic (exact) mass is 298 g/mol. The standard InChI is InChI=1S/C14H22N2O3S/c1-16(11-14(17)8-2-3-9-14)20(18,19)10-12-4-6-13(15)7-5-12/h4-7,17H,2-3,8-11,15H2,1H3. The number of nitrogens with two attached hydrogens (primary N) is 1. The van der Waals surface area contributed by atoms with Crippen LogP contribution in [0.4, 0.5) is 5.69 Å². The first-order chi connectivity index (χ1) is 9.31. The second-order valence-corrected chi connectivity index (χ2v) is 7.76. The van der Waals surface area contributed by atoms with Crippen molar-refractivity contribution in [2.75, 3.05) is 19.3 Å². The zero-order valence-corrected chi connectivity index (χ0v) is 12.6. The smallest absolute Gasteiger partial charge is 0.218 e. The van der Waals surface area contributed by atoms with Gasteiger partial charge in [-0.2, -0.15) is 0 Å². The van der Waals surface area contributed by atoms with Gasteiger partial charge >= 0.3 is 0 Å². The number of hydrogen-bond acceptors (Lipinski definition) is 4. The largest absolute Gasteiger partial charge is 0.399 e. The fraction of sp³-hybridized carbons (Fsp3) is 0.571. The molecule has 20 heavy (non-hydrogen) atoms. The first-order valence-corrected chi connectivity index (χ1v) is 8.43. The maximum Gasteiger partial charge on any atom is 0.218 e. The van der Waals surface area contributed by atoms with E-state index in [4.69, 9.17) is 5.73 Å². The lowest BCUT2D eigenvalue weighted by atomic mass is 10.0. The molecule has 1 saturated carbocycles. The predicted molar refractivity (Wildman–Crippen MR) is 79.5 cm³/mol. The average Bonchev–Trinajstić information content (AvgIpc) is 2.78. The van der Waals surface area contributed by atoms with Crippen LogP contribution in [0.15, 0.2) is 24.3 Å². The lowest BCUT2D eigenvalue weighted by Crippen LogP contribution is -2.42. The van der Waals surface area contributed by atoms with E-state index in [1.54, 1.807) is 24.3 Å². The van der Waals surface area contributed by atoms with Crippen molar-refractivity contribution in [3.63, 3.8) is 0 Å². The number of nitrogens with zero attached hydrogens (tertiary/aromatic N) is 1. The van der Waals surface area contributed by atoms with Crippen LogP contribution in [0.1, 0.15) is 31.2 Å². The zero-order chi connectivity index (χ0) is 14.8.